The van der Waals surface area contributed by atoms with Crippen molar-refractivity contribution in [1.29, 1.82) is 0 Å². The summed E-state index contributed by atoms with van der Waals surface area (Å²) in [5.41, 5.74) is -0.551. The van der Waals surface area contributed by atoms with Crippen LogP contribution < -0.4 is 19.5 Å². The largest absolute Gasteiger partial charge is 0.490 e. The summed E-state index contributed by atoms with van der Waals surface area (Å²) in [6.45, 7) is 3.83. The van der Waals surface area contributed by atoms with Crippen LogP contribution in [0.15, 0.2) is 42.5 Å². The molecule has 2 aliphatic rings. The predicted molar refractivity (Wildman–Crippen MR) is 113 cm³/mol. The number of halogens is 1. The van der Waals surface area contributed by atoms with Gasteiger partial charge in [0.25, 0.3) is 0 Å². The van der Waals surface area contributed by atoms with Crippen molar-refractivity contribution >= 4 is 11.6 Å². The third-order valence-electron chi connectivity index (χ3n) is 5.42. The molecule has 31 heavy (non-hydrogen) atoms. The molecule has 0 aliphatic carbocycles. The number of fused-ring (bicyclic) bond motifs is 1. The lowest BCUT2D eigenvalue weighted by atomic mass is 9.91. The molecule has 2 aromatic carbocycles. The van der Waals surface area contributed by atoms with Gasteiger partial charge in [-0.25, -0.2) is 4.39 Å². The number of carbonyl (C=O) groups is 1. The van der Waals surface area contributed by atoms with Gasteiger partial charge in [-0.15, -0.1) is 0 Å². The van der Waals surface area contributed by atoms with E-state index < -0.39 is 11.7 Å². The number of anilines is 1. The molecular weight excluding hydrogens is 403 g/mol. The average Bonchev–Trinajstić information content (AvgIpc) is 2.95. The van der Waals surface area contributed by atoms with Crippen molar-refractivity contribution in [3.63, 3.8) is 0 Å². The topological polar surface area (TPSA) is 80.3 Å². The van der Waals surface area contributed by atoms with Crippen molar-refractivity contribution in [2.45, 2.75) is 31.5 Å². The summed E-state index contributed by atoms with van der Waals surface area (Å²) in [7, 11) is 0. The number of rotatable bonds is 5. The third-order valence-corrected chi connectivity index (χ3v) is 5.42. The molecule has 8 heteroatoms. The Morgan fingerprint density at radius 3 is 2.84 bits per heavy atom. The number of piperidine rings is 1. The number of nitrogens with zero attached hydrogens (tertiary/aromatic N) is 1. The molecule has 0 bridgehead atoms. The van der Waals surface area contributed by atoms with Gasteiger partial charge in [0.15, 0.2) is 11.5 Å². The molecule has 0 radical (unpaired) electrons. The fourth-order valence-corrected chi connectivity index (χ4v) is 3.91. The van der Waals surface area contributed by atoms with E-state index in [0.717, 1.165) is 6.42 Å². The Labute approximate surface area is 180 Å². The summed E-state index contributed by atoms with van der Waals surface area (Å²) in [5.74, 6) is 1.10. The highest BCUT2D eigenvalue weighted by molar-refractivity contribution is 5.92. The summed E-state index contributed by atoms with van der Waals surface area (Å²) < 4.78 is 30.5. The van der Waals surface area contributed by atoms with E-state index in [1.165, 1.54) is 12.1 Å². The zero-order valence-electron chi connectivity index (χ0n) is 17.5. The first-order valence-electron chi connectivity index (χ1n) is 10.5. The van der Waals surface area contributed by atoms with Crippen molar-refractivity contribution in [2.24, 2.45) is 0 Å². The Balaban J connectivity index is 1.32. The number of benzene rings is 2. The molecule has 2 aliphatic heterocycles. The second kappa shape index (κ2) is 9.11. The Kier molecular flexibility index (Phi) is 6.29. The first-order chi connectivity index (χ1) is 14.9. The van der Waals surface area contributed by atoms with E-state index in [4.69, 9.17) is 14.2 Å². The first kappa shape index (κ1) is 21.4. The smallest absolute Gasteiger partial charge is 0.238 e. The van der Waals surface area contributed by atoms with E-state index in [2.05, 4.69) is 5.32 Å². The molecule has 0 saturated carbocycles. The minimum Gasteiger partial charge on any atom is -0.490 e. The van der Waals surface area contributed by atoms with Gasteiger partial charge in [0.05, 0.1) is 19.8 Å². The summed E-state index contributed by atoms with van der Waals surface area (Å²) in [5, 5.41) is 13.7. The Hall–Kier alpha value is -2.84. The highest BCUT2D eigenvalue weighted by atomic mass is 19.1. The van der Waals surface area contributed by atoms with E-state index in [1.54, 1.807) is 37.3 Å². The lowest BCUT2D eigenvalue weighted by Gasteiger charge is -2.42. The molecule has 0 unspecified atom stereocenters. The van der Waals surface area contributed by atoms with E-state index in [9.17, 15) is 14.3 Å². The fraction of sp³-hybridized carbons (Fsp3) is 0.435. The summed E-state index contributed by atoms with van der Waals surface area (Å²) in [6, 6.07) is 11.2. The van der Waals surface area contributed by atoms with Crippen LogP contribution in [0.3, 0.4) is 0 Å². The molecule has 2 atom stereocenters. The third kappa shape index (κ3) is 5.45. The number of hydrogen-bond donors (Lipinski definition) is 2. The van der Waals surface area contributed by atoms with Gasteiger partial charge in [0.1, 0.15) is 23.3 Å². The van der Waals surface area contributed by atoms with Crippen LogP contribution in [0.1, 0.15) is 19.8 Å². The number of β-amino-alcohol motifs (C(OH)–C–C–N with tert-alkyl or cyclic N) is 1. The number of ether oxygens (including phenoxy) is 3. The van der Waals surface area contributed by atoms with Gasteiger partial charge in [-0.3, -0.25) is 9.69 Å². The van der Waals surface area contributed by atoms with Gasteiger partial charge in [0, 0.05) is 37.3 Å². The molecule has 1 fully saturated rings. The van der Waals surface area contributed by atoms with Gasteiger partial charge in [-0.2, -0.15) is 0 Å². The van der Waals surface area contributed by atoms with E-state index in [-0.39, 0.29) is 24.8 Å². The lowest BCUT2D eigenvalue weighted by Crippen LogP contribution is -2.58. The van der Waals surface area contributed by atoms with E-state index in [0.29, 0.717) is 49.1 Å². The molecule has 1 amide bonds. The van der Waals surface area contributed by atoms with Gasteiger partial charge >= 0.3 is 0 Å². The maximum atomic E-state index is 13.4. The van der Waals surface area contributed by atoms with Crippen molar-refractivity contribution in [1.82, 2.24) is 4.90 Å². The molecule has 0 spiro atoms. The molecule has 4 rings (SSSR count). The van der Waals surface area contributed by atoms with Crippen LogP contribution >= 0.6 is 0 Å². The highest BCUT2D eigenvalue weighted by Gasteiger charge is 2.40. The highest BCUT2D eigenvalue weighted by Crippen LogP contribution is 2.32. The van der Waals surface area contributed by atoms with Crippen LogP contribution in [-0.4, -0.2) is 60.5 Å². The Bertz CT molecular complexity index is 936. The maximum absolute atomic E-state index is 13.4. The molecule has 7 nitrogen and oxygen atoms in total. The van der Waals surface area contributed by atoms with E-state index in [1.807, 2.05) is 4.90 Å². The SMILES string of the molecule is C[C@]1(O)CN(CC(=O)Nc2ccc3c(c2)OCCCO3)CC[C@@H]1Oc1cccc(F)c1. The van der Waals surface area contributed by atoms with Gasteiger partial charge in [-0.1, -0.05) is 6.07 Å². The van der Waals surface area contributed by atoms with Gasteiger partial charge in [-0.05, 0) is 37.6 Å². The Morgan fingerprint density at radius 2 is 2.06 bits per heavy atom. The normalized spacial score (nSPS) is 23.6. The first-order valence-corrected chi connectivity index (χ1v) is 10.5. The minimum absolute atomic E-state index is 0.136. The quantitative estimate of drug-likeness (QED) is 0.760. The van der Waals surface area contributed by atoms with Crippen LogP contribution in [0.4, 0.5) is 10.1 Å². The number of amides is 1. The summed E-state index contributed by atoms with van der Waals surface area (Å²) in [6.07, 6.45) is 0.839. The number of hydrogen-bond acceptors (Lipinski definition) is 6. The standard InChI is InChI=1S/C23H27FN2O5/c1-23(28)15-26(9-8-21(23)31-18-5-2-4-16(24)12-18)14-22(27)25-17-6-7-19-20(13-17)30-11-3-10-29-19/h2,4-7,12-13,21,28H,3,8-11,14-15H2,1H3,(H,25,27)/t21-,23-/m0/s1. The van der Waals surface area contributed by atoms with Crippen molar-refractivity contribution < 1.29 is 28.5 Å². The van der Waals surface area contributed by atoms with Crippen LogP contribution in [-0.2, 0) is 4.79 Å². The lowest BCUT2D eigenvalue weighted by molar-refractivity contribution is -0.123. The molecule has 1 saturated heterocycles. The van der Waals surface area contributed by atoms with Crippen molar-refractivity contribution in [3.05, 3.63) is 48.3 Å². The monoisotopic (exact) mass is 430 g/mol. The van der Waals surface area contributed by atoms with Gasteiger partial charge < -0.3 is 24.6 Å². The van der Waals surface area contributed by atoms with Gasteiger partial charge in [0.2, 0.25) is 5.91 Å². The molecule has 166 valence electrons. The zero-order chi connectivity index (χ0) is 21.8. The molecule has 2 heterocycles. The predicted octanol–water partition coefficient (Wildman–Crippen LogP) is 2.83. The second-order valence-electron chi connectivity index (χ2n) is 8.18. The number of carbonyl (C=O) groups excluding carboxylic acids is 1. The number of nitrogens with one attached hydrogen (secondary N) is 1. The second-order valence-corrected chi connectivity index (χ2v) is 8.18. The van der Waals surface area contributed by atoms with Crippen molar-refractivity contribution in [2.75, 3.05) is 38.2 Å². The number of likely N-dealkylation sites (tertiary alicyclic amines) is 1. The Morgan fingerprint density at radius 1 is 1.26 bits per heavy atom. The van der Waals surface area contributed by atoms with Crippen LogP contribution in [0, 0.1) is 5.82 Å². The molecule has 0 aromatic heterocycles. The van der Waals surface area contributed by atoms with Crippen LogP contribution in [0.2, 0.25) is 0 Å². The minimum atomic E-state index is -1.18. The zero-order valence-corrected chi connectivity index (χ0v) is 17.5. The van der Waals surface area contributed by atoms with E-state index >= 15 is 0 Å². The maximum Gasteiger partial charge on any atom is 0.238 e. The summed E-state index contributed by atoms with van der Waals surface area (Å²) in [4.78, 5) is 14.4. The van der Waals surface area contributed by atoms with Crippen molar-refractivity contribution in [3.8, 4) is 17.2 Å². The molecule has 2 N–H and O–H groups in total. The number of aliphatic hydroxyl groups is 1. The summed E-state index contributed by atoms with van der Waals surface area (Å²) >= 11 is 0. The molecular formula is C23H27FN2O5. The fourth-order valence-electron chi connectivity index (χ4n) is 3.91. The average molecular weight is 430 g/mol. The van der Waals surface area contributed by atoms with Crippen LogP contribution in [0.5, 0.6) is 17.2 Å². The molecule has 2 aromatic rings. The van der Waals surface area contributed by atoms with Crippen LogP contribution in [0.25, 0.3) is 0 Å².